The SMILES string of the molecule is CO[C@@H]1C[C@H]2CN(c3nc(C)ccc3C#N)C[C@H]2C[C@H]1n1cc(-c2ccccn2)nn1. The molecule has 1 saturated heterocycles. The molecule has 0 spiro atoms. The van der Waals surface area contributed by atoms with Gasteiger partial charge >= 0.3 is 0 Å². The Bertz CT molecular complexity index is 1110. The Balaban J connectivity index is 1.38. The van der Waals surface area contributed by atoms with Crippen molar-refractivity contribution in [3.63, 3.8) is 0 Å². The van der Waals surface area contributed by atoms with E-state index in [0.717, 1.165) is 48.8 Å². The van der Waals surface area contributed by atoms with E-state index in [1.54, 1.807) is 13.3 Å². The molecule has 158 valence electrons. The van der Waals surface area contributed by atoms with Gasteiger partial charge in [-0.1, -0.05) is 11.3 Å². The third-order valence-electron chi connectivity index (χ3n) is 6.60. The number of nitriles is 1. The molecule has 4 heterocycles. The van der Waals surface area contributed by atoms with Gasteiger partial charge in [-0.05, 0) is 55.9 Å². The minimum absolute atomic E-state index is 0.0698. The Morgan fingerprint density at radius 2 is 1.94 bits per heavy atom. The van der Waals surface area contributed by atoms with Gasteiger partial charge in [-0.2, -0.15) is 5.26 Å². The number of anilines is 1. The van der Waals surface area contributed by atoms with Gasteiger partial charge in [0.2, 0.25) is 0 Å². The number of rotatable bonds is 4. The number of hydrogen-bond acceptors (Lipinski definition) is 7. The second-order valence-corrected chi connectivity index (χ2v) is 8.47. The van der Waals surface area contributed by atoms with Crippen LogP contribution in [0.5, 0.6) is 0 Å². The Hall–Kier alpha value is -3.31. The zero-order valence-corrected chi connectivity index (χ0v) is 17.7. The number of hydrogen-bond donors (Lipinski definition) is 0. The van der Waals surface area contributed by atoms with E-state index in [2.05, 4.69) is 31.2 Å². The van der Waals surface area contributed by atoms with Crippen molar-refractivity contribution < 1.29 is 4.74 Å². The fourth-order valence-corrected chi connectivity index (χ4v) is 5.04. The summed E-state index contributed by atoms with van der Waals surface area (Å²) in [4.78, 5) is 11.3. The van der Waals surface area contributed by atoms with E-state index in [9.17, 15) is 5.26 Å². The number of nitrogens with zero attached hydrogens (tertiary/aromatic N) is 7. The van der Waals surface area contributed by atoms with Crippen molar-refractivity contribution in [1.29, 1.82) is 5.26 Å². The fourth-order valence-electron chi connectivity index (χ4n) is 5.04. The van der Waals surface area contributed by atoms with Gasteiger partial charge in [0, 0.05) is 32.1 Å². The summed E-state index contributed by atoms with van der Waals surface area (Å²) in [6.07, 6.45) is 5.72. The Labute approximate surface area is 181 Å². The number of aryl methyl sites for hydroxylation is 1. The van der Waals surface area contributed by atoms with Crippen molar-refractivity contribution in [2.45, 2.75) is 31.9 Å². The molecule has 1 aliphatic carbocycles. The standard InChI is InChI=1S/C23H25N7O/c1-15-6-7-16(11-24)23(26-15)29-12-17-9-21(22(31-2)10-18(17)13-29)30-14-20(27-28-30)19-5-3-4-8-25-19/h3-8,14,17-18,21-22H,9-10,12-13H2,1-2H3/t17-,18+,21-,22-/m1/s1. The van der Waals surface area contributed by atoms with Crippen LogP contribution < -0.4 is 4.90 Å². The zero-order valence-electron chi connectivity index (χ0n) is 17.7. The van der Waals surface area contributed by atoms with Crippen molar-refractivity contribution in [3.8, 4) is 17.5 Å². The fraction of sp³-hybridized carbons (Fsp3) is 0.435. The van der Waals surface area contributed by atoms with E-state index in [0.29, 0.717) is 17.4 Å². The molecule has 1 aliphatic heterocycles. The number of ether oxygens (including phenoxy) is 1. The van der Waals surface area contributed by atoms with Gasteiger partial charge in [-0.25, -0.2) is 9.67 Å². The predicted molar refractivity (Wildman–Crippen MR) is 115 cm³/mol. The van der Waals surface area contributed by atoms with Crippen LogP contribution in [-0.2, 0) is 4.74 Å². The van der Waals surface area contributed by atoms with Crippen LogP contribution in [0.2, 0.25) is 0 Å². The number of methoxy groups -OCH3 is 1. The van der Waals surface area contributed by atoms with Gasteiger partial charge in [0.15, 0.2) is 0 Å². The van der Waals surface area contributed by atoms with Crippen LogP contribution in [0, 0.1) is 30.1 Å². The van der Waals surface area contributed by atoms with Gasteiger partial charge < -0.3 is 9.64 Å². The summed E-state index contributed by atoms with van der Waals surface area (Å²) in [5.74, 6) is 1.81. The highest BCUT2D eigenvalue weighted by atomic mass is 16.5. The summed E-state index contributed by atoms with van der Waals surface area (Å²) < 4.78 is 7.84. The third-order valence-corrected chi connectivity index (χ3v) is 6.60. The van der Waals surface area contributed by atoms with Crippen LogP contribution in [0.4, 0.5) is 5.82 Å². The van der Waals surface area contributed by atoms with Crippen molar-refractivity contribution in [1.82, 2.24) is 25.0 Å². The largest absolute Gasteiger partial charge is 0.379 e. The van der Waals surface area contributed by atoms with Gasteiger partial charge in [-0.3, -0.25) is 4.98 Å². The molecule has 0 aromatic carbocycles. The molecule has 3 aromatic heterocycles. The van der Waals surface area contributed by atoms with E-state index in [1.807, 2.05) is 48.1 Å². The summed E-state index contributed by atoms with van der Waals surface area (Å²) in [6, 6.07) is 12.0. The third kappa shape index (κ3) is 3.66. The van der Waals surface area contributed by atoms with E-state index in [1.165, 1.54) is 0 Å². The first-order chi connectivity index (χ1) is 15.2. The molecular formula is C23H25N7O. The maximum Gasteiger partial charge on any atom is 0.146 e. The Morgan fingerprint density at radius 3 is 2.68 bits per heavy atom. The van der Waals surface area contributed by atoms with E-state index in [-0.39, 0.29) is 12.1 Å². The van der Waals surface area contributed by atoms with E-state index in [4.69, 9.17) is 4.74 Å². The van der Waals surface area contributed by atoms with E-state index >= 15 is 0 Å². The highest BCUT2D eigenvalue weighted by Gasteiger charge is 2.44. The van der Waals surface area contributed by atoms with Crippen LogP contribution in [0.1, 0.15) is 30.1 Å². The van der Waals surface area contributed by atoms with E-state index < -0.39 is 0 Å². The average Bonchev–Trinajstić information content (AvgIpc) is 3.45. The molecule has 4 atom stereocenters. The lowest BCUT2D eigenvalue weighted by Crippen LogP contribution is -2.37. The van der Waals surface area contributed by atoms with Crippen LogP contribution in [0.25, 0.3) is 11.4 Å². The molecule has 5 rings (SSSR count). The first-order valence-electron chi connectivity index (χ1n) is 10.6. The predicted octanol–water partition coefficient (Wildman–Crippen LogP) is 3.02. The van der Waals surface area contributed by atoms with Gasteiger partial charge in [0.1, 0.15) is 17.6 Å². The molecule has 8 heteroatoms. The zero-order chi connectivity index (χ0) is 21.4. The molecule has 2 aliphatic rings. The second kappa shape index (κ2) is 8.08. The maximum absolute atomic E-state index is 9.54. The van der Waals surface area contributed by atoms with Crippen LogP contribution in [-0.4, -0.2) is 51.3 Å². The molecule has 3 aromatic rings. The van der Waals surface area contributed by atoms with Crippen molar-refractivity contribution in [2.24, 2.45) is 11.8 Å². The van der Waals surface area contributed by atoms with Gasteiger partial charge in [-0.15, -0.1) is 5.10 Å². The summed E-state index contributed by atoms with van der Waals surface area (Å²) in [6.45, 7) is 3.76. The monoisotopic (exact) mass is 415 g/mol. The average molecular weight is 416 g/mol. The summed E-state index contributed by atoms with van der Waals surface area (Å²) in [7, 11) is 1.78. The molecule has 0 amide bonds. The Kier molecular flexibility index (Phi) is 5.12. The van der Waals surface area contributed by atoms with Crippen LogP contribution in [0.3, 0.4) is 0 Å². The van der Waals surface area contributed by atoms with Crippen molar-refractivity contribution >= 4 is 5.82 Å². The lowest BCUT2D eigenvalue weighted by molar-refractivity contribution is -0.00541. The molecule has 2 fully saturated rings. The summed E-state index contributed by atoms with van der Waals surface area (Å²) in [5.41, 5.74) is 3.16. The molecular weight excluding hydrogens is 390 g/mol. The van der Waals surface area contributed by atoms with Crippen molar-refractivity contribution in [2.75, 3.05) is 25.1 Å². The molecule has 0 N–H and O–H groups in total. The second-order valence-electron chi connectivity index (χ2n) is 8.47. The smallest absolute Gasteiger partial charge is 0.146 e. The Morgan fingerprint density at radius 1 is 1.10 bits per heavy atom. The normalized spacial score (nSPS) is 25.3. The molecule has 1 saturated carbocycles. The molecule has 31 heavy (non-hydrogen) atoms. The van der Waals surface area contributed by atoms with Crippen LogP contribution >= 0.6 is 0 Å². The number of pyridine rings is 2. The van der Waals surface area contributed by atoms with Crippen molar-refractivity contribution in [3.05, 3.63) is 54.0 Å². The molecule has 0 bridgehead atoms. The maximum atomic E-state index is 9.54. The summed E-state index contributed by atoms with van der Waals surface area (Å²) in [5, 5.41) is 18.3. The first-order valence-corrected chi connectivity index (χ1v) is 10.6. The lowest BCUT2D eigenvalue weighted by atomic mass is 9.77. The summed E-state index contributed by atoms with van der Waals surface area (Å²) >= 11 is 0. The highest BCUT2D eigenvalue weighted by molar-refractivity contribution is 5.55. The number of aromatic nitrogens is 5. The topological polar surface area (TPSA) is 92.8 Å². The van der Waals surface area contributed by atoms with Crippen LogP contribution in [0.15, 0.2) is 42.7 Å². The highest BCUT2D eigenvalue weighted by Crippen LogP contribution is 2.43. The van der Waals surface area contributed by atoms with Gasteiger partial charge in [0.25, 0.3) is 0 Å². The molecule has 8 nitrogen and oxygen atoms in total. The molecule has 0 unspecified atom stereocenters. The lowest BCUT2D eigenvalue weighted by Gasteiger charge is -2.36. The minimum Gasteiger partial charge on any atom is -0.379 e. The first kappa shape index (κ1) is 19.6. The minimum atomic E-state index is 0.0698. The van der Waals surface area contributed by atoms with Gasteiger partial charge in [0.05, 0.1) is 29.6 Å². The number of fused-ring (bicyclic) bond motifs is 1. The quantitative estimate of drug-likeness (QED) is 0.647. The molecule has 0 radical (unpaired) electrons.